The van der Waals surface area contributed by atoms with Crippen molar-refractivity contribution in [2.45, 2.75) is 12.5 Å². The van der Waals surface area contributed by atoms with Crippen LogP contribution in [0.5, 0.6) is 5.75 Å². The lowest BCUT2D eigenvalue weighted by atomic mass is 10.2. The van der Waals surface area contributed by atoms with Gasteiger partial charge in [0.1, 0.15) is 5.75 Å². The minimum absolute atomic E-state index is 0.399. The molecule has 0 aliphatic heterocycles. The summed E-state index contributed by atoms with van der Waals surface area (Å²) in [6.45, 7) is 0. The standard InChI is InChI=1S/C9H5ClF4O2/c10-7(15)5-3-1-2-4-6(5)16-9(13,14)8(11)12/h1-4,8H. The van der Waals surface area contributed by atoms with Crippen LogP contribution in [0.3, 0.4) is 0 Å². The molecular weight excluding hydrogens is 252 g/mol. The second kappa shape index (κ2) is 4.69. The zero-order valence-corrected chi connectivity index (χ0v) is 8.35. The van der Waals surface area contributed by atoms with E-state index in [4.69, 9.17) is 11.6 Å². The van der Waals surface area contributed by atoms with Gasteiger partial charge in [-0.3, -0.25) is 4.79 Å². The first-order valence-electron chi connectivity index (χ1n) is 3.98. The zero-order valence-electron chi connectivity index (χ0n) is 7.59. The maximum Gasteiger partial charge on any atom is 0.461 e. The maximum atomic E-state index is 12.5. The Morgan fingerprint density at radius 2 is 1.88 bits per heavy atom. The SMILES string of the molecule is O=C(Cl)c1ccccc1OC(F)(F)C(F)F. The van der Waals surface area contributed by atoms with Crippen molar-refractivity contribution in [1.29, 1.82) is 0 Å². The van der Waals surface area contributed by atoms with E-state index in [0.717, 1.165) is 12.1 Å². The van der Waals surface area contributed by atoms with Gasteiger partial charge in [-0.2, -0.15) is 17.6 Å². The van der Waals surface area contributed by atoms with E-state index in [1.54, 1.807) is 0 Å². The normalized spacial score (nSPS) is 11.6. The molecule has 1 aromatic rings. The van der Waals surface area contributed by atoms with Gasteiger partial charge < -0.3 is 4.74 Å². The number of carbonyl (C=O) groups is 1. The van der Waals surface area contributed by atoms with Crippen LogP contribution in [0.1, 0.15) is 10.4 Å². The first-order chi connectivity index (χ1) is 7.34. The highest BCUT2D eigenvalue weighted by molar-refractivity contribution is 6.68. The van der Waals surface area contributed by atoms with Crippen LogP contribution >= 0.6 is 11.6 Å². The van der Waals surface area contributed by atoms with Crippen LogP contribution in [0.4, 0.5) is 17.6 Å². The lowest BCUT2D eigenvalue weighted by Gasteiger charge is -2.17. The van der Waals surface area contributed by atoms with Crippen LogP contribution in [0.2, 0.25) is 0 Å². The first-order valence-corrected chi connectivity index (χ1v) is 4.36. The summed E-state index contributed by atoms with van der Waals surface area (Å²) in [4.78, 5) is 10.8. The first kappa shape index (κ1) is 12.8. The summed E-state index contributed by atoms with van der Waals surface area (Å²) in [6.07, 6.45) is -8.66. The average Bonchev–Trinajstić information content (AvgIpc) is 2.17. The van der Waals surface area contributed by atoms with E-state index in [2.05, 4.69) is 4.74 Å². The molecule has 0 atom stereocenters. The van der Waals surface area contributed by atoms with E-state index in [1.807, 2.05) is 0 Å². The van der Waals surface area contributed by atoms with E-state index >= 15 is 0 Å². The second-order valence-electron chi connectivity index (χ2n) is 2.73. The molecule has 0 spiro atoms. The molecule has 0 saturated heterocycles. The molecule has 0 aliphatic rings. The van der Waals surface area contributed by atoms with Crippen LogP contribution in [0.15, 0.2) is 24.3 Å². The Morgan fingerprint density at radius 1 is 1.31 bits per heavy atom. The molecule has 2 nitrogen and oxygen atoms in total. The molecule has 0 N–H and O–H groups in total. The van der Waals surface area contributed by atoms with Crippen molar-refractivity contribution >= 4 is 16.8 Å². The Bertz CT molecular complexity index is 395. The van der Waals surface area contributed by atoms with Crippen molar-refractivity contribution in [2.75, 3.05) is 0 Å². The summed E-state index contributed by atoms with van der Waals surface area (Å²) >= 11 is 5.07. The third-order valence-corrected chi connectivity index (χ3v) is 1.80. The molecule has 1 aromatic carbocycles. The number of rotatable bonds is 4. The molecule has 0 fully saturated rings. The topological polar surface area (TPSA) is 26.3 Å². The number of carbonyl (C=O) groups excluding carboxylic acids is 1. The fraction of sp³-hybridized carbons (Fsp3) is 0.222. The summed E-state index contributed by atoms with van der Waals surface area (Å²) in [6, 6.07) is 4.63. The summed E-state index contributed by atoms with van der Waals surface area (Å²) < 4.78 is 52.5. The van der Waals surface area contributed by atoms with Gasteiger partial charge in [0.25, 0.3) is 5.24 Å². The lowest BCUT2D eigenvalue weighted by molar-refractivity contribution is -0.253. The van der Waals surface area contributed by atoms with Gasteiger partial charge in [0.05, 0.1) is 5.56 Å². The van der Waals surface area contributed by atoms with Gasteiger partial charge in [-0.15, -0.1) is 0 Å². The molecule has 0 saturated carbocycles. The minimum Gasteiger partial charge on any atom is -0.427 e. The van der Waals surface area contributed by atoms with Gasteiger partial charge in [-0.1, -0.05) is 12.1 Å². The van der Waals surface area contributed by atoms with Crippen LogP contribution in [-0.4, -0.2) is 17.8 Å². The summed E-state index contributed by atoms with van der Waals surface area (Å²) in [5.74, 6) is -0.687. The van der Waals surface area contributed by atoms with Gasteiger partial charge in [-0.25, -0.2) is 0 Å². The minimum atomic E-state index is -4.66. The Kier molecular flexibility index (Phi) is 3.74. The smallest absolute Gasteiger partial charge is 0.427 e. The van der Waals surface area contributed by atoms with E-state index in [-0.39, 0.29) is 0 Å². The van der Waals surface area contributed by atoms with Gasteiger partial charge in [-0.05, 0) is 23.7 Å². The Morgan fingerprint density at radius 3 is 2.38 bits per heavy atom. The van der Waals surface area contributed by atoms with Gasteiger partial charge >= 0.3 is 12.5 Å². The van der Waals surface area contributed by atoms with Gasteiger partial charge in [0.2, 0.25) is 0 Å². The van der Waals surface area contributed by atoms with Crippen molar-refractivity contribution < 1.29 is 27.1 Å². The Labute approximate surface area is 92.8 Å². The number of halogens is 5. The highest BCUT2D eigenvalue weighted by Crippen LogP contribution is 2.30. The van der Waals surface area contributed by atoms with Crippen molar-refractivity contribution in [3.8, 4) is 5.75 Å². The third kappa shape index (κ3) is 2.85. The van der Waals surface area contributed by atoms with Crippen LogP contribution in [0, 0.1) is 0 Å². The number of hydrogen-bond donors (Lipinski definition) is 0. The van der Waals surface area contributed by atoms with Crippen molar-refractivity contribution in [1.82, 2.24) is 0 Å². The fourth-order valence-electron chi connectivity index (χ4n) is 0.909. The molecule has 0 bridgehead atoms. The summed E-state index contributed by atoms with van der Waals surface area (Å²) in [7, 11) is 0. The van der Waals surface area contributed by atoms with Crippen molar-refractivity contribution in [3.05, 3.63) is 29.8 Å². The molecule has 0 heterocycles. The molecule has 0 aliphatic carbocycles. The monoisotopic (exact) mass is 256 g/mol. The maximum absolute atomic E-state index is 12.5. The quantitative estimate of drug-likeness (QED) is 0.610. The number of alkyl halides is 4. The molecule has 1 rings (SSSR count). The second-order valence-corrected chi connectivity index (χ2v) is 3.08. The lowest BCUT2D eigenvalue weighted by Crippen LogP contribution is -2.33. The molecule has 7 heteroatoms. The molecule has 0 radical (unpaired) electrons. The Balaban J connectivity index is 3.02. The molecule has 16 heavy (non-hydrogen) atoms. The van der Waals surface area contributed by atoms with Crippen LogP contribution in [-0.2, 0) is 0 Å². The van der Waals surface area contributed by atoms with Gasteiger partial charge in [0, 0.05) is 0 Å². The van der Waals surface area contributed by atoms with E-state index < -0.39 is 29.1 Å². The van der Waals surface area contributed by atoms with Gasteiger partial charge in [0.15, 0.2) is 0 Å². The van der Waals surface area contributed by atoms with E-state index in [9.17, 15) is 22.4 Å². The highest BCUT2D eigenvalue weighted by atomic mass is 35.5. The molecule has 0 aromatic heterocycles. The van der Waals surface area contributed by atoms with E-state index in [0.29, 0.717) is 0 Å². The third-order valence-electron chi connectivity index (χ3n) is 1.60. The number of hydrogen-bond acceptors (Lipinski definition) is 2. The molecular formula is C9H5ClF4O2. The number of ether oxygens (including phenoxy) is 1. The van der Waals surface area contributed by atoms with Crippen LogP contribution in [0.25, 0.3) is 0 Å². The fourth-order valence-corrected chi connectivity index (χ4v) is 1.07. The summed E-state index contributed by atoms with van der Waals surface area (Å²) in [5, 5.41) is -1.07. The summed E-state index contributed by atoms with van der Waals surface area (Å²) in [5.41, 5.74) is -0.399. The van der Waals surface area contributed by atoms with Crippen LogP contribution < -0.4 is 4.74 Å². The average molecular weight is 257 g/mol. The highest BCUT2D eigenvalue weighted by Gasteiger charge is 2.44. The largest absolute Gasteiger partial charge is 0.461 e. The van der Waals surface area contributed by atoms with Crippen molar-refractivity contribution in [2.24, 2.45) is 0 Å². The number of benzene rings is 1. The predicted molar refractivity (Wildman–Crippen MR) is 48.2 cm³/mol. The molecule has 0 unspecified atom stereocenters. The Hall–Kier alpha value is -1.30. The molecule has 0 amide bonds. The van der Waals surface area contributed by atoms with E-state index in [1.165, 1.54) is 12.1 Å². The predicted octanol–water partition coefficient (Wildman–Crippen LogP) is 3.30. The number of para-hydroxylation sites is 1. The zero-order chi connectivity index (χ0) is 12.3. The van der Waals surface area contributed by atoms with Crippen molar-refractivity contribution in [3.63, 3.8) is 0 Å². The molecule has 88 valence electrons.